The molecule has 7 fully saturated rings. The monoisotopic (exact) mass is 384 g/mol. The normalized spacial score (nSPS) is 57.6. The van der Waals surface area contributed by atoms with Gasteiger partial charge in [0.15, 0.2) is 0 Å². The van der Waals surface area contributed by atoms with Crippen molar-refractivity contribution >= 4 is 29.7 Å². The number of ether oxygens (including phenoxy) is 2. The Hall–Kier alpha value is -2.05. The van der Waals surface area contributed by atoms with Gasteiger partial charge in [-0.15, -0.1) is 0 Å². The van der Waals surface area contributed by atoms with Crippen molar-refractivity contribution < 1.29 is 33.4 Å². The molecule has 2 saturated heterocycles. The number of fused-ring (bicyclic) bond motifs is 12. The second-order valence-electron chi connectivity index (χ2n) is 10.3. The molecule has 0 aromatic rings. The number of ketones is 1. The van der Waals surface area contributed by atoms with E-state index in [4.69, 9.17) is 9.47 Å². The summed E-state index contributed by atoms with van der Waals surface area (Å²) < 4.78 is 9.82. The van der Waals surface area contributed by atoms with Crippen LogP contribution in [0.1, 0.15) is 38.5 Å². The highest BCUT2D eigenvalue weighted by molar-refractivity contribution is 6.02. The summed E-state index contributed by atoms with van der Waals surface area (Å²) in [6.07, 6.45) is 4.27. The van der Waals surface area contributed by atoms with Crippen LogP contribution in [-0.2, 0) is 33.4 Å². The van der Waals surface area contributed by atoms with Crippen LogP contribution in [0.25, 0.3) is 0 Å². The van der Waals surface area contributed by atoms with E-state index in [0.29, 0.717) is 12.8 Å². The Morgan fingerprint density at radius 2 is 1.00 bits per heavy atom. The number of cyclic esters (lactones) is 4. The van der Waals surface area contributed by atoms with Gasteiger partial charge in [-0.2, -0.15) is 0 Å². The summed E-state index contributed by atoms with van der Waals surface area (Å²) in [6, 6.07) is 0. The van der Waals surface area contributed by atoms with Gasteiger partial charge < -0.3 is 9.47 Å². The van der Waals surface area contributed by atoms with E-state index in [1.54, 1.807) is 0 Å². The lowest BCUT2D eigenvalue weighted by molar-refractivity contribution is -0.156. The van der Waals surface area contributed by atoms with Crippen LogP contribution in [0.3, 0.4) is 0 Å². The summed E-state index contributed by atoms with van der Waals surface area (Å²) in [4.78, 5) is 62.8. The molecule has 7 aliphatic rings. The van der Waals surface area contributed by atoms with E-state index in [0.717, 1.165) is 25.7 Å². The standard InChI is InChI=1S/C21H20O7/c22-15-11-7-3-9(13(11)17(24)27-15)20(5-7)1-2-21(19(20)26)6-8-4-10(21)14-12(8)16(23)28-18(14)25/h7-14H,1-6H2/t7-,8-,9-,10?,11-,12-,13+,14?,20-,21-/m1/s1. The number of carbonyl (C=O) groups excluding carboxylic acids is 5. The molecule has 2 aliphatic heterocycles. The molecule has 4 bridgehead atoms. The molecule has 2 heterocycles. The van der Waals surface area contributed by atoms with E-state index in [1.807, 2.05) is 0 Å². The Morgan fingerprint density at radius 3 is 1.43 bits per heavy atom. The van der Waals surface area contributed by atoms with E-state index in [9.17, 15) is 24.0 Å². The van der Waals surface area contributed by atoms with Gasteiger partial charge in [0.25, 0.3) is 0 Å². The predicted molar refractivity (Wildman–Crippen MR) is 87.7 cm³/mol. The number of esters is 4. The summed E-state index contributed by atoms with van der Waals surface area (Å²) in [5.74, 6) is -3.28. The number of carbonyl (C=O) groups is 5. The Kier molecular flexibility index (Phi) is 2.49. The van der Waals surface area contributed by atoms with Gasteiger partial charge in [-0.25, -0.2) is 0 Å². The highest BCUT2D eigenvalue weighted by Gasteiger charge is 2.78. The lowest BCUT2D eigenvalue weighted by Gasteiger charge is -2.41. The van der Waals surface area contributed by atoms with Crippen molar-refractivity contribution in [2.45, 2.75) is 38.5 Å². The maximum Gasteiger partial charge on any atom is 0.317 e. The van der Waals surface area contributed by atoms with Crippen LogP contribution in [0.2, 0.25) is 0 Å². The number of Topliss-reactive ketones (excluding diaryl/α,β-unsaturated/α-hetero) is 1. The van der Waals surface area contributed by atoms with Gasteiger partial charge in [-0.1, -0.05) is 0 Å². The summed E-state index contributed by atoms with van der Waals surface area (Å²) in [6.45, 7) is 0. The zero-order valence-corrected chi connectivity index (χ0v) is 15.2. The average Bonchev–Trinajstić information content (AvgIpc) is 3.46. The molecule has 7 heteroatoms. The van der Waals surface area contributed by atoms with Crippen molar-refractivity contribution in [3.63, 3.8) is 0 Å². The minimum Gasteiger partial charge on any atom is -0.393 e. The van der Waals surface area contributed by atoms with Crippen molar-refractivity contribution in [2.75, 3.05) is 0 Å². The zero-order chi connectivity index (χ0) is 19.2. The molecule has 2 spiro atoms. The Labute approximate surface area is 160 Å². The highest BCUT2D eigenvalue weighted by Crippen LogP contribution is 2.75. The van der Waals surface area contributed by atoms with Crippen LogP contribution in [0, 0.1) is 58.2 Å². The molecule has 0 amide bonds. The van der Waals surface area contributed by atoms with Gasteiger partial charge in [0.1, 0.15) is 5.78 Å². The van der Waals surface area contributed by atoms with E-state index in [-0.39, 0.29) is 41.3 Å². The first kappa shape index (κ1) is 15.8. The van der Waals surface area contributed by atoms with Gasteiger partial charge >= 0.3 is 23.9 Å². The third kappa shape index (κ3) is 1.40. The molecular formula is C21H20O7. The number of hydrogen-bond acceptors (Lipinski definition) is 7. The van der Waals surface area contributed by atoms with Gasteiger partial charge in [0.05, 0.1) is 23.7 Å². The lowest BCUT2D eigenvalue weighted by atomic mass is 9.58. The fraction of sp³-hybridized carbons (Fsp3) is 0.762. The van der Waals surface area contributed by atoms with E-state index in [2.05, 4.69) is 0 Å². The summed E-state index contributed by atoms with van der Waals surface area (Å²) in [7, 11) is 0. The fourth-order valence-electron chi connectivity index (χ4n) is 9.16. The van der Waals surface area contributed by atoms with Gasteiger partial charge in [0, 0.05) is 10.8 Å². The van der Waals surface area contributed by atoms with Crippen molar-refractivity contribution in [1.29, 1.82) is 0 Å². The van der Waals surface area contributed by atoms with Gasteiger partial charge in [-0.05, 0) is 62.2 Å². The third-order valence-electron chi connectivity index (χ3n) is 9.85. The molecule has 146 valence electrons. The van der Waals surface area contributed by atoms with E-state index in [1.165, 1.54) is 0 Å². The number of rotatable bonds is 0. The summed E-state index contributed by atoms with van der Waals surface area (Å²) >= 11 is 0. The second-order valence-corrected chi connectivity index (χ2v) is 10.3. The van der Waals surface area contributed by atoms with Crippen molar-refractivity contribution in [3.8, 4) is 0 Å². The summed E-state index contributed by atoms with van der Waals surface area (Å²) in [5.41, 5.74) is -1.11. The third-order valence-corrected chi connectivity index (χ3v) is 9.85. The Morgan fingerprint density at radius 1 is 0.607 bits per heavy atom. The molecule has 7 nitrogen and oxygen atoms in total. The second kappa shape index (κ2) is 4.41. The maximum atomic E-state index is 14.0. The van der Waals surface area contributed by atoms with Crippen molar-refractivity contribution in [3.05, 3.63) is 0 Å². The molecule has 5 saturated carbocycles. The topological polar surface area (TPSA) is 104 Å². The smallest absolute Gasteiger partial charge is 0.317 e. The van der Waals surface area contributed by atoms with Crippen LogP contribution in [0.5, 0.6) is 0 Å². The highest BCUT2D eigenvalue weighted by atomic mass is 16.6. The molecule has 7 rings (SSSR count). The maximum absolute atomic E-state index is 14.0. The molecule has 0 radical (unpaired) electrons. The molecule has 0 aromatic carbocycles. The molecule has 10 atom stereocenters. The van der Waals surface area contributed by atoms with Crippen LogP contribution < -0.4 is 0 Å². The first-order valence-corrected chi connectivity index (χ1v) is 10.4. The summed E-state index contributed by atoms with van der Waals surface area (Å²) in [5, 5.41) is 0. The molecule has 5 aliphatic carbocycles. The minimum atomic E-state index is -0.554. The molecular weight excluding hydrogens is 364 g/mol. The molecule has 2 unspecified atom stereocenters. The predicted octanol–water partition coefficient (Wildman–Crippen LogP) is 1.03. The Bertz CT molecular complexity index is 850. The van der Waals surface area contributed by atoms with Crippen molar-refractivity contribution in [1.82, 2.24) is 0 Å². The fourth-order valence-corrected chi connectivity index (χ4v) is 9.16. The minimum absolute atomic E-state index is 0.0532. The molecule has 28 heavy (non-hydrogen) atoms. The lowest BCUT2D eigenvalue weighted by Crippen LogP contribution is -2.48. The molecule has 0 N–H and O–H groups in total. The van der Waals surface area contributed by atoms with E-state index >= 15 is 0 Å². The van der Waals surface area contributed by atoms with Crippen LogP contribution in [0.4, 0.5) is 0 Å². The average molecular weight is 384 g/mol. The molecule has 0 aromatic heterocycles. The van der Waals surface area contributed by atoms with Gasteiger partial charge in [0.2, 0.25) is 0 Å². The quantitative estimate of drug-likeness (QED) is 0.454. The van der Waals surface area contributed by atoms with Gasteiger partial charge in [-0.3, -0.25) is 24.0 Å². The van der Waals surface area contributed by atoms with Crippen LogP contribution in [-0.4, -0.2) is 29.7 Å². The van der Waals surface area contributed by atoms with Crippen LogP contribution >= 0.6 is 0 Å². The first-order valence-electron chi connectivity index (χ1n) is 10.4. The Balaban J connectivity index is 1.27. The zero-order valence-electron chi connectivity index (χ0n) is 15.2. The van der Waals surface area contributed by atoms with Crippen LogP contribution in [0.15, 0.2) is 0 Å². The number of hydrogen-bond donors (Lipinski definition) is 0. The SMILES string of the molecule is O=C1OC(=O)[C@H]2C1C1C[C@@H]2C[C@]12CC[C@]1(C[C@H]3C[C@@H]1[C@@H]1C(=O)OC(=O)[C@H]31)C2=O. The first-order chi connectivity index (χ1) is 13.4. The largest absolute Gasteiger partial charge is 0.393 e. The van der Waals surface area contributed by atoms with E-state index < -0.39 is 46.5 Å². The van der Waals surface area contributed by atoms with Crippen molar-refractivity contribution in [2.24, 2.45) is 58.2 Å².